The standard InChI is InChI=1S/C15H31N3O/c1-13(10-14-11-19-9-6-16-14)17-12-15(2)4-7-18(3)8-5-15/h13-14,16-17H,4-12H2,1-3H3. The van der Waals surface area contributed by atoms with E-state index in [1.165, 1.54) is 25.9 Å². The molecule has 2 aliphatic rings. The lowest BCUT2D eigenvalue weighted by Crippen LogP contribution is -2.47. The number of morpholine rings is 1. The Hall–Kier alpha value is -0.160. The molecule has 2 fully saturated rings. The third-order valence-corrected chi connectivity index (χ3v) is 4.71. The van der Waals surface area contributed by atoms with Crippen molar-refractivity contribution in [1.82, 2.24) is 15.5 Å². The zero-order valence-corrected chi connectivity index (χ0v) is 12.9. The Labute approximate surface area is 118 Å². The van der Waals surface area contributed by atoms with Gasteiger partial charge in [0.25, 0.3) is 0 Å². The van der Waals surface area contributed by atoms with Crippen molar-refractivity contribution in [3.05, 3.63) is 0 Å². The second-order valence-electron chi connectivity index (χ2n) is 6.86. The normalized spacial score (nSPS) is 30.2. The van der Waals surface area contributed by atoms with E-state index < -0.39 is 0 Å². The molecule has 112 valence electrons. The Bertz CT molecular complexity index is 258. The average molecular weight is 269 g/mol. The fraction of sp³-hybridized carbons (Fsp3) is 1.00. The monoisotopic (exact) mass is 269 g/mol. The highest BCUT2D eigenvalue weighted by atomic mass is 16.5. The fourth-order valence-corrected chi connectivity index (χ4v) is 3.04. The minimum absolute atomic E-state index is 0.483. The highest BCUT2D eigenvalue weighted by molar-refractivity contribution is 4.85. The van der Waals surface area contributed by atoms with Crippen LogP contribution in [0, 0.1) is 5.41 Å². The van der Waals surface area contributed by atoms with Crippen LogP contribution in [0.25, 0.3) is 0 Å². The van der Waals surface area contributed by atoms with E-state index in [9.17, 15) is 0 Å². The number of hydrogen-bond donors (Lipinski definition) is 2. The Morgan fingerprint density at radius 3 is 2.79 bits per heavy atom. The first-order chi connectivity index (χ1) is 9.07. The van der Waals surface area contributed by atoms with Gasteiger partial charge in [0.15, 0.2) is 0 Å². The summed E-state index contributed by atoms with van der Waals surface area (Å²) in [5.41, 5.74) is 0.483. The van der Waals surface area contributed by atoms with Crippen LogP contribution in [0.15, 0.2) is 0 Å². The maximum absolute atomic E-state index is 5.51. The third-order valence-electron chi connectivity index (χ3n) is 4.71. The molecule has 2 heterocycles. The molecule has 4 heteroatoms. The van der Waals surface area contributed by atoms with Gasteiger partial charge in [-0.2, -0.15) is 0 Å². The molecule has 2 saturated heterocycles. The van der Waals surface area contributed by atoms with Crippen molar-refractivity contribution in [3.63, 3.8) is 0 Å². The summed E-state index contributed by atoms with van der Waals surface area (Å²) in [6.45, 7) is 11.1. The van der Waals surface area contributed by atoms with Gasteiger partial charge in [-0.1, -0.05) is 6.92 Å². The molecule has 0 aromatic heterocycles. The van der Waals surface area contributed by atoms with Crippen molar-refractivity contribution in [1.29, 1.82) is 0 Å². The molecule has 2 unspecified atom stereocenters. The molecular weight excluding hydrogens is 238 g/mol. The van der Waals surface area contributed by atoms with E-state index in [1.54, 1.807) is 0 Å². The summed E-state index contributed by atoms with van der Waals surface area (Å²) >= 11 is 0. The number of piperidine rings is 1. The number of ether oxygens (including phenoxy) is 1. The van der Waals surface area contributed by atoms with Crippen molar-refractivity contribution in [3.8, 4) is 0 Å². The van der Waals surface area contributed by atoms with Gasteiger partial charge >= 0.3 is 0 Å². The smallest absolute Gasteiger partial charge is 0.0620 e. The van der Waals surface area contributed by atoms with E-state index in [2.05, 4.69) is 36.4 Å². The summed E-state index contributed by atoms with van der Waals surface area (Å²) in [5.74, 6) is 0. The lowest BCUT2D eigenvalue weighted by molar-refractivity contribution is 0.0698. The van der Waals surface area contributed by atoms with Crippen LogP contribution in [0.2, 0.25) is 0 Å². The van der Waals surface area contributed by atoms with E-state index >= 15 is 0 Å². The van der Waals surface area contributed by atoms with Crippen LogP contribution in [-0.2, 0) is 4.74 Å². The minimum Gasteiger partial charge on any atom is -0.379 e. The van der Waals surface area contributed by atoms with E-state index in [0.717, 1.165) is 32.7 Å². The van der Waals surface area contributed by atoms with Crippen molar-refractivity contribution in [2.45, 2.75) is 45.2 Å². The number of likely N-dealkylation sites (tertiary alicyclic amines) is 1. The lowest BCUT2D eigenvalue weighted by Gasteiger charge is -2.39. The molecule has 0 aliphatic carbocycles. The summed E-state index contributed by atoms with van der Waals surface area (Å²) in [5, 5.41) is 7.27. The molecule has 2 N–H and O–H groups in total. The first-order valence-electron chi connectivity index (χ1n) is 7.80. The molecule has 19 heavy (non-hydrogen) atoms. The maximum atomic E-state index is 5.51. The molecule has 2 rings (SSSR count). The van der Waals surface area contributed by atoms with Gasteiger partial charge in [-0.25, -0.2) is 0 Å². The van der Waals surface area contributed by atoms with Gasteiger partial charge in [-0.05, 0) is 51.7 Å². The van der Waals surface area contributed by atoms with Crippen molar-refractivity contribution in [2.75, 3.05) is 46.4 Å². The van der Waals surface area contributed by atoms with Crippen LogP contribution in [0.3, 0.4) is 0 Å². The Morgan fingerprint density at radius 2 is 2.16 bits per heavy atom. The summed E-state index contributed by atoms with van der Waals surface area (Å²) in [6.07, 6.45) is 3.79. The lowest BCUT2D eigenvalue weighted by atomic mass is 9.80. The maximum Gasteiger partial charge on any atom is 0.0620 e. The second kappa shape index (κ2) is 7.02. The molecule has 2 aliphatic heterocycles. The highest BCUT2D eigenvalue weighted by Gasteiger charge is 2.29. The molecule has 0 aromatic rings. The highest BCUT2D eigenvalue weighted by Crippen LogP contribution is 2.29. The molecule has 0 bridgehead atoms. The predicted octanol–water partition coefficient (Wildman–Crippen LogP) is 1.07. The topological polar surface area (TPSA) is 36.5 Å². The van der Waals surface area contributed by atoms with Crippen LogP contribution in [0.5, 0.6) is 0 Å². The third kappa shape index (κ3) is 5.03. The van der Waals surface area contributed by atoms with Crippen LogP contribution in [0.4, 0.5) is 0 Å². The second-order valence-corrected chi connectivity index (χ2v) is 6.86. The summed E-state index contributed by atoms with van der Waals surface area (Å²) in [4.78, 5) is 2.44. The summed E-state index contributed by atoms with van der Waals surface area (Å²) in [6, 6.07) is 1.09. The van der Waals surface area contributed by atoms with Gasteiger partial charge < -0.3 is 20.3 Å². The van der Waals surface area contributed by atoms with Gasteiger partial charge in [0.2, 0.25) is 0 Å². The van der Waals surface area contributed by atoms with Crippen molar-refractivity contribution >= 4 is 0 Å². The SMILES string of the molecule is CC(CC1COCCN1)NCC1(C)CCN(C)CC1. The summed E-state index contributed by atoms with van der Waals surface area (Å²) < 4.78 is 5.51. The zero-order chi connectivity index (χ0) is 13.7. The molecule has 4 nitrogen and oxygen atoms in total. The molecule has 0 spiro atoms. The zero-order valence-electron chi connectivity index (χ0n) is 12.9. The van der Waals surface area contributed by atoms with Crippen LogP contribution in [-0.4, -0.2) is 63.4 Å². The van der Waals surface area contributed by atoms with E-state index in [1.807, 2.05) is 0 Å². The number of rotatable bonds is 5. The van der Waals surface area contributed by atoms with Crippen LogP contribution >= 0.6 is 0 Å². The molecule has 0 radical (unpaired) electrons. The van der Waals surface area contributed by atoms with Crippen molar-refractivity contribution in [2.24, 2.45) is 5.41 Å². The number of hydrogen-bond acceptors (Lipinski definition) is 4. The average Bonchev–Trinajstić information content (AvgIpc) is 2.42. The number of nitrogens with one attached hydrogen (secondary N) is 2. The quantitative estimate of drug-likeness (QED) is 0.783. The van der Waals surface area contributed by atoms with Gasteiger partial charge in [0.1, 0.15) is 0 Å². The molecule has 0 amide bonds. The van der Waals surface area contributed by atoms with Gasteiger partial charge in [0, 0.05) is 25.2 Å². The summed E-state index contributed by atoms with van der Waals surface area (Å²) in [7, 11) is 2.23. The Balaban J connectivity index is 1.66. The molecule has 0 saturated carbocycles. The largest absolute Gasteiger partial charge is 0.379 e. The molecule has 2 atom stereocenters. The van der Waals surface area contributed by atoms with Crippen molar-refractivity contribution < 1.29 is 4.74 Å². The Kier molecular flexibility index (Phi) is 5.63. The molecule has 0 aromatic carbocycles. The van der Waals surface area contributed by atoms with Crippen LogP contribution < -0.4 is 10.6 Å². The van der Waals surface area contributed by atoms with E-state index in [-0.39, 0.29) is 0 Å². The number of nitrogens with zero attached hydrogens (tertiary/aromatic N) is 1. The fourth-order valence-electron chi connectivity index (χ4n) is 3.04. The first-order valence-corrected chi connectivity index (χ1v) is 7.80. The first kappa shape index (κ1) is 15.2. The van der Waals surface area contributed by atoms with Gasteiger partial charge in [-0.3, -0.25) is 0 Å². The van der Waals surface area contributed by atoms with E-state index in [0.29, 0.717) is 17.5 Å². The van der Waals surface area contributed by atoms with Gasteiger partial charge in [-0.15, -0.1) is 0 Å². The van der Waals surface area contributed by atoms with E-state index in [4.69, 9.17) is 4.74 Å². The predicted molar refractivity (Wildman–Crippen MR) is 79.5 cm³/mol. The van der Waals surface area contributed by atoms with Crippen LogP contribution in [0.1, 0.15) is 33.1 Å². The molecular formula is C15H31N3O. The Morgan fingerprint density at radius 1 is 1.42 bits per heavy atom. The van der Waals surface area contributed by atoms with Gasteiger partial charge in [0.05, 0.1) is 13.2 Å². The minimum atomic E-state index is 0.483.